The number of carbonyl (C=O) groups excluding carboxylic acids is 1. The molecule has 0 aliphatic carbocycles. The number of hydrogen-bond donors (Lipinski definition) is 2. The van der Waals surface area contributed by atoms with Gasteiger partial charge in [-0.15, -0.1) is 0 Å². The summed E-state index contributed by atoms with van der Waals surface area (Å²) in [6.07, 6.45) is 1.59. The number of carbonyl (C=O) groups is 1. The fraction of sp³-hybridized carbons (Fsp3) is 0.500. The Kier molecular flexibility index (Phi) is 5.17. The van der Waals surface area contributed by atoms with Gasteiger partial charge in [-0.3, -0.25) is 4.79 Å². The smallest absolute Gasteiger partial charge is 0.237 e. The van der Waals surface area contributed by atoms with Crippen LogP contribution in [0.1, 0.15) is 39.2 Å². The van der Waals surface area contributed by atoms with E-state index in [1.54, 1.807) is 0 Å². The number of nitrogens with one attached hydrogen (secondary N) is 1. The van der Waals surface area contributed by atoms with Crippen molar-refractivity contribution in [2.24, 2.45) is 5.73 Å². The Hall–Kier alpha value is -1.06. The summed E-state index contributed by atoms with van der Waals surface area (Å²) in [5.74, 6) is -0.123. The number of benzene rings is 1. The maximum atomic E-state index is 11.9. The van der Waals surface area contributed by atoms with Crippen LogP contribution in [0.4, 0.5) is 0 Å². The van der Waals surface area contributed by atoms with Crippen LogP contribution in [0.3, 0.4) is 0 Å². The first-order valence-electron chi connectivity index (χ1n) is 6.20. The second kappa shape index (κ2) is 6.21. The van der Waals surface area contributed by atoms with Crippen molar-refractivity contribution < 1.29 is 4.79 Å². The second-order valence-electron chi connectivity index (χ2n) is 5.02. The first-order chi connectivity index (χ1) is 8.36. The lowest BCUT2D eigenvalue weighted by Gasteiger charge is -2.28. The molecule has 4 heteroatoms. The van der Waals surface area contributed by atoms with Crippen molar-refractivity contribution in [3.8, 4) is 0 Å². The van der Waals surface area contributed by atoms with Crippen molar-refractivity contribution in [1.82, 2.24) is 5.32 Å². The minimum absolute atomic E-state index is 0.123. The summed E-state index contributed by atoms with van der Waals surface area (Å²) in [4.78, 5) is 11.9. The standard InChI is InChI=1S/C14H21ClN2O/c1-4-6-12(16)13(18)17-14(2,3)10-7-5-8-11(15)9-10/h5,7-9,12H,4,6,16H2,1-3H3,(H,17,18). The molecule has 0 aliphatic heterocycles. The molecule has 1 rings (SSSR count). The lowest BCUT2D eigenvalue weighted by atomic mass is 9.93. The molecule has 0 aromatic heterocycles. The molecule has 3 N–H and O–H groups in total. The highest BCUT2D eigenvalue weighted by Crippen LogP contribution is 2.23. The van der Waals surface area contributed by atoms with Crippen LogP contribution in [0.15, 0.2) is 24.3 Å². The van der Waals surface area contributed by atoms with Crippen LogP contribution in [-0.2, 0) is 10.3 Å². The van der Waals surface area contributed by atoms with Crippen molar-refractivity contribution in [1.29, 1.82) is 0 Å². The summed E-state index contributed by atoms with van der Waals surface area (Å²) in [6.45, 7) is 5.89. The molecule has 0 bridgehead atoms. The van der Waals surface area contributed by atoms with Crippen molar-refractivity contribution in [3.63, 3.8) is 0 Å². The highest BCUT2D eigenvalue weighted by atomic mass is 35.5. The van der Waals surface area contributed by atoms with Gasteiger partial charge in [0.05, 0.1) is 11.6 Å². The number of halogens is 1. The topological polar surface area (TPSA) is 55.1 Å². The zero-order valence-corrected chi connectivity index (χ0v) is 11.9. The van der Waals surface area contributed by atoms with Gasteiger partial charge < -0.3 is 11.1 Å². The Morgan fingerprint density at radius 2 is 2.17 bits per heavy atom. The molecule has 0 saturated heterocycles. The van der Waals surface area contributed by atoms with Gasteiger partial charge in [-0.25, -0.2) is 0 Å². The van der Waals surface area contributed by atoms with E-state index in [1.807, 2.05) is 45.0 Å². The van der Waals surface area contributed by atoms with E-state index < -0.39 is 11.6 Å². The first-order valence-corrected chi connectivity index (χ1v) is 6.58. The van der Waals surface area contributed by atoms with E-state index in [9.17, 15) is 4.79 Å². The molecule has 0 saturated carbocycles. The average Bonchev–Trinajstić information content (AvgIpc) is 2.28. The van der Waals surface area contributed by atoms with Crippen LogP contribution < -0.4 is 11.1 Å². The minimum atomic E-state index is -0.479. The number of rotatable bonds is 5. The maximum Gasteiger partial charge on any atom is 0.237 e. The summed E-state index contributed by atoms with van der Waals surface area (Å²) >= 11 is 5.96. The summed E-state index contributed by atoms with van der Waals surface area (Å²) in [7, 11) is 0. The Bertz CT molecular complexity index is 418. The van der Waals surface area contributed by atoms with Crippen LogP contribution in [-0.4, -0.2) is 11.9 Å². The molecule has 1 amide bonds. The van der Waals surface area contributed by atoms with Gasteiger partial charge in [0.15, 0.2) is 0 Å². The molecular weight excluding hydrogens is 248 g/mol. The van der Waals surface area contributed by atoms with Crippen LogP contribution in [0, 0.1) is 0 Å². The molecule has 1 atom stereocenters. The van der Waals surface area contributed by atoms with Crippen LogP contribution in [0.25, 0.3) is 0 Å². The van der Waals surface area contributed by atoms with Crippen LogP contribution >= 0.6 is 11.6 Å². The molecule has 0 fully saturated rings. The van der Waals surface area contributed by atoms with Gasteiger partial charge in [0.2, 0.25) is 5.91 Å². The van der Waals surface area contributed by atoms with E-state index in [1.165, 1.54) is 0 Å². The van der Waals surface area contributed by atoms with Gasteiger partial charge in [0.1, 0.15) is 0 Å². The van der Waals surface area contributed by atoms with Gasteiger partial charge in [-0.2, -0.15) is 0 Å². The predicted octanol–water partition coefficient (Wildman–Crippen LogP) is 2.82. The fourth-order valence-corrected chi connectivity index (χ4v) is 1.98. The minimum Gasteiger partial charge on any atom is -0.346 e. The molecule has 3 nitrogen and oxygen atoms in total. The molecule has 0 radical (unpaired) electrons. The number of hydrogen-bond acceptors (Lipinski definition) is 2. The van der Waals surface area contributed by atoms with Crippen molar-refractivity contribution >= 4 is 17.5 Å². The van der Waals surface area contributed by atoms with Gasteiger partial charge in [-0.05, 0) is 38.0 Å². The van der Waals surface area contributed by atoms with Gasteiger partial charge in [0, 0.05) is 5.02 Å². The highest BCUT2D eigenvalue weighted by Gasteiger charge is 2.25. The molecule has 1 aromatic rings. The normalized spacial score (nSPS) is 13.2. The molecule has 18 heavy (non-hydrogen) atoms. The van der Waals surface area contributed by atoms with Gasteiger partial charge in [0.25, 0.3) is 0 Å². The van der Waals surface area contributed by atoms with E-state index in [0.717, 1.165) is 12.0 Å². The SMILES string of the molecule is CCCC(N)C(=O)NC(C)(C)c1cccc(Cl)c1. The molecule has 1 aromatic carbocycles. The summed E-state index contributed by atoms with van der Waals surface area (Å²) in [6, 6.07) is 7.03. The third-order valence-corrected chi connectivity index (χ3v) is 3.15. The van der Waals surface area contributed by atoms with Gasteiger partial charge in [-0.1, -0.05) is 37.1 Å². The monoisotopic (exact) mass is 268 g/mol. The molecule has 0 spiro atoms. The lowest BCUT2D eigenvalue weighted by Crippen LogP contribution is -2.48. The van der Waals surface area contributed by atoms with Crippen LogP contribution in [0.5, 0.6) is 0 Å². The van der Waals surface area contributed by atoms with Crippen LogP contribution in [0.2, 0.25) is 5.02 Å². The predicted molar refractivity (Wildman–Crippen MR) is 75.5 cm³/mol. The lowest BCUT2D eigenvalue weighted by molar-refractivity contribution is -0.124. The maximum absolute atomic E-state index is 11.9. The third-order valence-electron chi connectivity index (χ3n) is 2.92. The zero-order chi connectivity index (χ0) is 13.8. The Labute approximate surface area is 114 Å². The largest absolute Gasteiger partial charge is 0.346 e. The number of nitrogens with two attached hydrogens (primary N) is 1. The Balaban J connectivity index is 2.78. The summed E-state index contributed by atoms with van der Waals surface area (Å²) in [5.41, 5.74) is 6.29. The zero-order valence-electron chi connectivity index (χ0n) is 11.2. The van der Waals surface area contributed by atoms with E-state index >= 15 is 0 Å². The molecule has 0 aliphatic rings. The molecule has 1 unspecified atom stereocenters. The van der Waals surface area contributed by atoms with Crippen molar-refractivity contribution in [2.75, 3.05) is 0 Å². The van der Waals surface area contributed by atoms with E-state index in [4.69, 9.17) is 17.3 Å². The Morgan fingerprint density at radius 1 is 1.50 bits per heavy atom. The summed E-state index contributed by atoms with van der Waals surface area (Å²) in [5, 5.41) is 3.62. The van der Waals surface area contributed by atoms with Crippen molar-refractivity contribution in [3.05, 3.63) is 34.9 Å². The molecular formula is C14H21ClN2O. The first kappa shape index (κ1) is 15.0. The fourth-order valence-electron chi connectivity index (χ4n) is 1.79. The Morgan fingerprint density at radius 3 is 2.72 bits per heavy atom. The van der Waals surface area contributed by atoms with E-state index in [-0.39, 0.29) is 5.91 Å². The average molecular weight is 269 g/mol. The third kappa shape index (κ3) is 4.00. The number of amides is 1. The second-order valence-corrected chi connectivity index (χ2v) is 5.46. The van der Waals surface area contributed by atoms with E-state index in [2.05, 4.69) is 5.32 Å². The highest BCUT2D eigenvalue weighted by molar-refractivity contribution is 6.30. The van der Waals surface area contributed by atoms with Gasteiger partial charge >= 0.3 is 0 Å². The summed E-state index contributed by atoms with van der Waals surface area (Å²) < 4.78 is 0. The quantitative estimate of drug-likeness (QED) is 0.863. The van der Waals surface area contributed by atoms with Crippen molar-refractivity contribution in [2.45, 2.75) is 45.2 Å². The molecule has 100 valence electrons. The van der Waals surface area contributed by atoms with E-state index in [0.29, 0.717) is 11.4 Å². The molecule has 0 heterocycles.